The maximum atomic E-state index is 5.14. The molecule has 0 aliphatic heterocycles. The van der Waals surface area contributed by atoms with Gasteiger partial charge in [-0.15, -0.1) is 0 Å². The summed E-state index contributed by atoms with van der Waals surface area (Å²) in [4.78, 5) is 4.38. The first-order valence-corrected chi connectivity index (χ1v) is 6.96. The van der Waals surface area contributed by atoms with Crippen LogP contribution >= 0.6 is 12.2 Å². The van der Waals surface area contributed by atoms with Gasteiger partial charge in [0.1, 0.15) is 0 Å². The molecule has 2 rings (SSSR count). The average Bonchev–Trinajstić information content (AvgIpc) is 2.50. The number of rotatable bonds is 5. The molecule has 3 N–H and O–H groups in total. The van der Waals surface area contributed by atoms with E-state index in [1.54, 1.807) is 6.20 Å². The Kier molecular flexibility index (Phi) is 4.90. The summed E-state index contributed by atoms with van der Waals surface area (Å²) in [6, 6.07) is 10.0. The van der Waals surface area contributed by atoms with Crippen molar-refractivity contribution in [1.29, 1.82) is 0 Å². The molecular formula is C15H18N4S. The minimum absolute atomic E-state index is 0.549. The zero-order valence-corrected chi connectivity index (χ0v) is 12.3. The zero-order chi connectivity index (χ0) is 14.4. The fraction of sp³-hybridized carbons (Fsp3) is 0.200. The van der Waals surface area contributed by atoms with E-state index in [9.17, 15) is 0 Å². The summed E-state index contributed by atoms with van der Waals surface area (Å²) in [7, 11) is 0. The van der Waals surface area contributed by atoms with Gasteiger partial charge in [0.05, 0.1) is 11.4 Å². The van der Waals surface area contributed by atoms with Gasteiger partial charge in [-0.1, -0.05) is 37.8 Å². The van der Waals surface area contributed by atoms with E-state index >= 15 is 0 Å². The highest BCUT2D eigenvalue weighted by Gasteiger charge is 2.05. The van der Waals surface area contributed by atoms with E-state index in [-0.39, 0.29) is 0 Å². The highest BCUT2D eigenvalue weighted by Crippen LogP contribution is 2.19. The van der Waals surface area contributed by atoms with Crippen molar-refractivity contribution < 1.29 is 0 Å². The van der Waals surface area contributed by atoms with E-state index in [1.165, 1.54) is 0 Å². The molecule has 0 aliphatic carbocycles. The summed E-state index contributed by atoms with van der Waals surface area (Å²) in [5.41, 5.74) is 7.40. The minimum Gasteiger partial charge on any atom is -0.361 e. The van der Waals surface area contributed by atoms with Crippen molar-refractivity contribution in [3.05, 3.63) is 48.8 Å². The van der Waals surface area contributed by atoms with Crippen LogP contribution in [0.2, 0.25) is 0 Å². The summed E-state index contributed by atoms with van der Waals surface area (Å²) in [5.74, 6) is 0. The summed E-state index contributed by atoms with van der Waals surface area (Å²) in [6.45, 7) is 6.93. The van der Waals surface area contributed by atoms with Crippen LogP contribution in [-0.4, -0.2) is 16.6 Å². The molecule has 0 amide bonds. The van der Waals surface area contributed by atoms with Gasteiger partial charge in [0.2, 0.25) is 0 Å². The Morgan fingerprint density at radius 1 is 1.25 bits per heavy atom. The molecule has 2 aromatic rings. The normalized spacial score (nSPS) is 10.1. The van der Waals surface area contributed by atoms with E-state index < -0.39 is 0 Å². The number of hydrogen-bond donors (Lipinski definition) is 3. The minimum atomic E-state index is 0.549. The highest BCUT2D eigenvalue weighted by molar-refractivity contribution is 7.80. The molecule has 0 bridgehead atoms. The molecule has 0 aliphatic rings. The molecule has 1 aromatic carbocycles. The van der Waals surface area contributed by atoms with Crippen molar-refractivity contribution >= 4 is 33.8 Å². The average molecular weight is 286 g/mol. The van der Waals surface area contributed by atoms with E-state index in [0.717, 1.165) is 29.4 Å². The van der Waals surface area contributed by atoms with Crippen LogP contribution < -0.4 is 16.2 Å². The number of benzene rings is 1. The van der Waals surface area contributed by atoms with E-state index in [1.807, 2.05) is 24.3 Å². The molecule has 4 nitrogen and oxygen atoms in total. The van der Waals surface area contributed by atoms with Crippen molar-refractivity contribution in [2.75, 3.05) is 6.54 Å². The van der Waals surface area contributed by atoms with Crippen molar-refractivity contribution in [2.24, 2.45) is 0 Å². The summed E-state index contributed by atoms with van der Waals surface area (Å²) in [5, 5.41) is 5.81. The van der Waals surface area contributed by atoms with Gasteiger partial charge in [-0.2, -0.15) is 0 Å². The first kappa shape index (κ1) is 14.3. The molecule has 1 aromatic heterocycles. The Morgan fingerprint density at radius 2 is 2.05 bits per heavy atom. The third-order valence-electron chi connectivity index (χ3n) is 2.82. The first-order valence-electron chi connectivity index (χ1n) is 6.55. The van der Waals surface area contributed by atoms with Crippen LogP contribution in [0.1, 0.15) is 19.0 Å². The van der Waals surface area contributed by atoms with Crippen molar-refractivity contribution in [2.45, 2.75) is 13.3 Å². The zero-order valence-electron chi connectivity index (χ0n) is 11.4. The Bertz CT molecular complexity index is 619. The maximum absolute atomic E-state index is 5.14. The lowest BCUT2D eigenvalue weighted by Crippen LogP contribution is -2.43. The van der Waals surface area contributed by atoms with E-state index in [2.05, 4.69) is 40.7 Å². The summed E-state index contributed by atoms with van der Waals surface area (Å²) < 4.78 is 0. The van der Waals surface area contributed by atoms with E-state index in [4.69, 9.17) is 12.2 Å². The molecule has 0 unspecified atom stereocenters. The van der Waals surface area contributed by atoms with E-state index in [0.29, 0.717) is 10.8 Å². The Balaban J connectivity index is 2.06. The van der Waals surface area contributed by atoms with Gasteiger partial charge in [0.15, 0.2) is 5.11 Å². The van der Waals surface area contributed by atoms with Crippen LogP contribution in [-0.2, 0) is 0 Å². The molecule has 1 heterocycles. The molecule has 0 saturated carbocycles. The number of nitrogens with zero attached hydrogens (tertiary/aromatic N) is 1. The van der Waals surface area contributed by atoms with Crippen LogP contribution in [0.5, 0.6) is 0 Å². The summed E-state index contributed by atoms with van der Waals surface area (Å²) >= 11 is 5.14. The third-order valence-corrected chi connectivity index (χ3v) is 3.07. The fourth-order valence-corrected chi connectivity index (χ4v) is 1.99. The van der Waals surface area contributed by atoms with Gasteiger partial charge >= 0.3 is 0 Å². The number of pyridine rings is 1. The predicted octanol–water partition coefficient (Wildman–Crippen LogP) is 2.58. The molecule has 104 valence electrons. The Morgan fingerprint density at radius 3 is 2.85 bits per heavy atom. The number of nitrogens with one attached hydrogen (secondary N) is 3. The van der Waals surface area contributed by atoms with Crippen molar-refractivity contribution in [3.8, 4) is 0 Å². The summed E-state index contributed by atoms with van der Waals surface area (Å²) in [6.07, 6.45) is 2.80. The monoisotopic (exact) mass is 286 g/mol. The largest absolute Gasteiger partial charge is 0.361 e. The molecule has 0 atom stereocenters. The van der Waals surface area contributed by atoms with Gasteiger partial charge in [0, 0.05) is 18.1 Å². The number of aromatic nitrogens is 1. The SMILES string of the molecule is C=C(NNC(=S)NCCC)c1nccc2ccccc12. The lowest BCUT2D eigenvalue weighted by atomic mass is 10.1. The standard InChI is InChI=1S/C15H18N4S/c1-3-9-17-15(20)19-18-11(2)14-13-7-5-4-6-12(13)8-10-16-14/h4-8,10,18H,2-3,9H2,1H3,(H2,17,19,20). The third kappa shape index (κ3) is 3.45. The predicted molar refractivity (Wildman–Crippen MR) is 87.9 cm³/mol. The van der Waals surface area contributed by atoms with Crippen molar-refractivity contribution in [1.82, 2.24) is 21.2 Å². The molecule has 0 spiro atoms. The van der Waals surface area contributed by atoms with Crippen LogP contribution in [0.15, 0.2) is 43.1 Å². The molecule has 0 fully saturated rings. The lowest BCUT2D eigenvalue weighted by molar-refractivity contribution is 0.770. The first-order chi connectivity index (χ1) is 9.72. The van der Waals surface area contributed by atoms with Crippen LogP contribution in [0.25, 0.3) is 16.5 Å². The molecule has 5 heteroatoms. The second kappa shape index (κ2) is 6.86. The molecule has 0 saturated heterocycles. The smallest absolute Gasteiger partial charge is 0.185 e. The highest BCUT2D eigenvalue weighted by atomic mass is 32.1. The number of hydrogen-bond acceptors (Lipinski definition) is 3. The van der Waals surface area contributed by atoms with Crippen LogP contribution in [0.3, 0.4) is 0 Å². The molecular weight excluding hydrogens is 268 g/mol. The second-order valence-corrected chi connectivity index (χ2v) is 4.77. The van der Waals surface area contributed by atoms with Gasteiger partial charge in [-0.05, 0) is 30.1 Å². The number of thiocarbonyl (C=S) groups is 1. The van der Waals surface area contributed by atoms with Gasteiger partial charge < -0.3 is 5.32 Å². The fourth-order valence-electron chi connectivity index (χ4n) is 1.83. The Hall–Kier alpha value is -2.14. The number of hydrazine groups is 1. The topological polar surface area (TPSA) is 49.0 Å². The van der Waals surface area contributed by atoms with Gasteiger partial charge in [0.25, 0.3) is 0 Å². The Labute approximate surface area is 124 Å². The molecule has 20 heavy (non-hydrogen) atoms. The van der Waals surface area contributed by atoms with Crippen molar-refractivity contribution in [3.63, 3.8) is 0 Å². The van der Waals surface area contributed by atoms with Gasteiger partial charge in [-0.3, -0.25) is 15.8 Å². The lowest BCUT2D eigenvalue weighted by Gasteiger charge is -2.14. The number of fused-ring (bicyclic) bond motifs is 1. The second-order valence-electron chi connectivity index (χ2n) is 4.37. The molecule has 0 radical (unpaired) electrons. The van der Waals surface area contributed by atoms with Crippen LogP contribution in [0, 0.1) is 0 Å². The van der Waals surface area contributed by atoms with Crippen LogP contribution in [0.4, 0.5) is 0 Å². The van der Waals surface area contributed by atoms with Gasteiger partial charge in [-0.25, -0.2) is 0 Å². The quantitative estimate of drug-likeness (QED) is 0.582. The maximum Gasteiger partial charge on any atom is 0.185 e.